The lowest BCUT2D eigenvalue weighted by molar-refractivity contribution is 1.23. The summed E-state index contributed by atoms with van der Waals surface area (Å²) in [4.78, 5) is 0. The molecule has 0 aromatic heterocycles. The van der Waals surface area contributed by atoms with Gasteiger partial charge in [-0.1, -0.05) is 64.7 Å². The zero-order chi connectivity index (χ0) is 15.5. The van der Waals surface area contributed by atoms with Gasteiger partial charge in [-0.25, -0.2) is 0 Å². The first-order valence-corrected chi connectivity index (χ1v) is 7.63. The Morgan fingerprint density at radius 3 is 0.889 bits per heavy atom. The third-order valence-electron chi connectivity index (χ3n) is 2.44. The van der Waals surface area contributed by atoms with Crippen LogP contribution in [0, 0.1) is 27.7 Å². The first-order chi connectivity index (χ1) is 8.46. The van der Waals surface area contributed by atoms with Gasteiger partial charge >= 0.3 is 0 Å². The smallest absolute Gasteiger partial charge is 0.0482 e. The van der Waals surface area contributed by atoms with Gasteiger partial charge in [0.25, 0.3) is 0 Å². The van der Waals surface area contributed by atoms with Gasteiger partial charge in [-0.3, -0.25) is 0 Å². The number of halogens is 2. The third kappa shape index (κ3) is 6.11. The van der Waals surface area contributed by atoms with E-state index in [0.29, 0.717) is 0 Å². The van der Waals surface area contributed by atoms with Crippen LogP contribution in [0.4, 0.5) is 0 Å². The zero-order valence-corrected chi connectivity index (χ0v) is 15.3. The van der Waals surface area contributed by atoms with Gasteiger partial charge in [-0.05, 0) is 49.9 Å². The van der Waals surface area contributed by atoms with E-state index in [9.17, 15) is 0 Å². The highest BCUT2D eigenvalue weighted by molar-refractivity contribution is 6.37. The van der Waals surface area contributed by atoms with E-state index in [2.05, 4.69) is 0 Å². The van der Waals surface area contributed by atoms with Crippen LogP contribution >= 0.6 is 23.2 Å². The predicted octanol–water partition coefficient (Wildman–Crippen LogP) is 7.31. The van der Waals surface area contributed by atoms with Gasteiger partial charge in [0.15, 0.2) is 0 Å². The largest absolute Gasteiger partial charge is 0.0837 e. The molecule has 0 bridgehead atoms. The Balaban J connectivity index is -0.000000328. The van der Waals surface area contributed by atoms with E-state index in [0.717, 1.165) is 26.7 Å². The summed E-state index contributed by atoms with van der Waals surface area (Å²) < 4.78 is 0. The van der Waals surface area contributed by atoms with Crippen molar-refractivity contribution in [1.29, 1.82) is 0 Å². The average molecular weight is 293 g/mol. The van der Waals surface area contributed by atoms with E-state index in [1.807, 2.05) is 69.2 Å². The molecule has 0 N–H and O–H groups in total. The quantitative estimate of drug-likeness (QED) is 0.470. The van der Waals surface area contributed by atoms with Crippen LogP contribution in [-0.2, 0) is 0 Å². The van der Waals surface area contributed by atoms with Crippen molar-refractivity contribution in [1.82, 2.24) is 0 Å². The fourth-order valence-electron chi connectivity index (χ4n) is 1.27. The van der Waals surface area contributed by atoms with Crippen molar-refractivity contribution in [3.63, 3.8) is 0 Å². The van der Waals surface area contributed by atoms with E-state index < -0.39 is 0 Å². The number of rotatable bonds is 0. The first-order valence-electron chi connectivity index (χ1n) is 6.88. The molecule has 18 heavy (non-hydrogen) atoms. The molecule has 0 unspecified atom stereocenters. The highest BCUT2D eigenvalue weighted by Crippen LogP contribution is 2.33. The van der Waals surface area contributed by atoms with Crippen molar-refractivity contribution in [2.24, 2.45) is 0 Å². The predicted molar refractivity (Wildman–Crippen MR) is 89.5 cm³/mol. The Kier molecular flexibility index (Phi) is 16.9. The van der Waals surface area contributed by atoms with Gasteiger partial charge in [0, 0.05) is 10.0 Å². The minimum atomic E-state index is 0.795. The molecule has 0 aliphatic carbocycles. The summed E-state index contributed by atoms with van der Waals surface area (Å²) >= 11 is 12.2. The molecule has 0 aliphatic heterocycles. The molecule has 1 rings (SSSR count). The number of benzene rings is 1. The fraction of sp³-hybridized carbons (Fsp3) is 0.625. The lowest BCUT2D eigenvalue weighted by Gasteiger charge is -2.12. The van der Waals surface area contributed by atoms with Crippen LogP contribution in [-0.4, -0.2) is 0 Å². The monoisotopic (exact) mass is 292 g/mol. The van der Waals surface area contributed by atoms with Crippen LogP contribution in [0.25, 0.3) is 0 Å². The summed E-state index contributed by atoms with van der Waals surface area (Å²) in [5, 5.41) is 1.59. The summed E-state index contributed by atoms with van der Waals surface area (Å²) in [5.74, 6) is 0. The van der Waals surface area contributed by atoms with Crippen molar-refractivity contribution in [3.05, 3.63) is 32.3 Å². The molecule has 0 saturated heterocycles. The van der Waals surface area contributed by atoms with Crippen molar-refractivity contribution in [2.45, 2.75) is 69.2 Å². The molecule has 1 aromatic rings. The molecule has 0 spiro atoms. The molecular formula is C16H30Cl2. The molecule has 0 aliphatic rings. The highest BCUT2D eigenvalue weighted by atomic mass is 35.5. The Labute approximate surface area is 125 Å². The van der Waals surface area contributed by atoms with Crippen molar-refractivity contribution in [2.75, 3.05) is 0 Å². The molecule has 0 heterocycles. The van der Waals surface area contributed by atoms with E-state index in [4.69, 9.17) is 23.2 Å². The van der Waals surface area contributed by atoms with E-state index in [1.54, 1.807) is 0 Å². The Morgan fingerprint density at radius 2 is 0.667 bits per heavy atom. The normalized spacial score (nSPS) is 8.00. The molecule has 0 saturated carbocycles. The molecule has 108 valence electrons. The molecule has 0 amide bonds. The molecule has 0 nitrogen and oxygen atoms in total. The van der Waals surface area contributed by atoms with Crippen molar-refractivity contribution < 1.29 is 0 Å². The fourth-order valence-corrected chi connectivity index (χ4v) is 1.79. The van der Waals surface area contributed by atoms with Gasteiger partial charge < -0.3 is 0 Å². The van der Waals surface area contributed by atoms with Gasteiger partial charge in [-0.15, -0.1) is 0 Å². The van der Waals surface area contributed by atoms with E-state index in [-0.39, 0.29) is 0 Å². The molecule has 0 radical (unpaired) electrons. The average Bonchev–Trinajstić information content (AvgIpc) is 2.47. The second-order valence-electron chi connectivity index (χ2n) is 3.13. The Morgan fingerprint density at radius 1 is 0.444 bits per heavy atom. The molecule has 2 heteroatoms. The zero-order valence-electron chi connectivity index (χ0n) is 13.8. The Bertz CT molecular complexity index is 223. The van der Waals surface area contributed by atoms with Crippen LogP contribution in [0.5, 0.6) is 0 Å². The van der Waals surface area contributed by atoms with Gasteiger partial charge in [0.05, 0.1) is 0 Å². The number of hydrogen-bond acceptors (Lipinski definition) is 0. The van der Waals surface area contributed by atoms with Crippen molar-refractivity contribution in [3.8, 4) is 0 Å². The van der Waals surface area contributed by atoms with Crippen LogP contribution in [0.2, 0.25) is 10.0 Å². The standard InChI is InChI=1S/C10H12Cl2.3C2H6/c1-5-6(2)9(11)8(4)10(12)7(5)3;3*1-2/h1-4H3;3*1-2H3. The third-order valence-corrected chi connectivity index (χ3v) is 3.58. The minimum absolute atomic E-state index is 0.795. The van der Waals surface area contributed by atoms with Crippen LogP contribution in [0.1, 0.15) is 63.8 Å². The molecular weight excluding hydrogens is 263 g/mol. The summed E-state index contributed by atoms with van der Waals surface area (Å²) in [7, 11) is 0. The van der Waals surface area contributed by atoms with Crippen molar-refractivity contribution >= 4 is 23.2 Å². The topological polar surface area (TPSA) is 0 Å². The summed E-state index contributed by atoms with van der Waals surface area (Å²) in [6, 6.07) is 0. The summed E-state index contributed by atoms with van der Waals surface area (Å²) in [5.41, 5.74) is 4.45. The lowest BCUT2D eigenvalue weighted by Crippen LogP contribution is -1.92. The SMILES string of the molecule is CC.CC.CC.Cc1c(C)c(Cl)c(C)c(Cl)c1C. The minimum Gasteiger partial charge on any atom is -0.0837 e. The highest BCUT2D eigenvalue weighted by Gasteiger charge is 2.10. The second kappa shape index (κ2) is 13.2. The number of hydrogen-bond donors (Lipinski definition) is 0. The van der Waals surface area contributed by atoms with E-state index >= 15 is 0 Å². The maximum absolute atomic E-state index is 6.08. The van der Waals surface area contributed by atoms with Crippen LogP contribution in [0.3, 0.4) is 0 Å². The maximum Gasteiger partial charge on any atom is 0.0482 e. The van der Waals surface area contributed by atoms with Gasteiger partial charge in [-0.2, -0.15) is 0 Å². The molecule has 1 aromatic carbocycles. The summed E-state index contributed by atoms with van der Waals surface area (Å²) in [6.07, 6.45) is 0. The molecule has 0 fully saturated rings. The van der Waals surface area contributed by atoms with Gasteiger partial charge in [0.1, 0.15) is 0 Å². The van der Waals surface area contributed by atoms with Crippen LogP contribution < -0.4 is 0 Å². The second-order valence-corrected chi connectivity index (χ2v) is 3.88. The van der Waals surface area contributed by atoms with E-state index in [1.165, 1.54) is 5.56 Å². The Hall–Kier alpha value is -0.200. The maximum atomic E-state index is 6.08. The lowest BCUT2D eigenvalue weighted by atomic mass is 10.0. The first kappa shape index (κ1) is 22.9. The summed E-state index contributed by atoms with van der Waals surface area (Å²) in [6.45, 7) is 20.0. The van der Waals surface area contributed by atoms with Crippen LogP contribution in [0.15, 0.2) is 0 Å². The van der Waals surface area contributed by atoms with Gasteiger partial charge in [0.2, 0.25) is 0 Å². The molecule has 0 atom stereocenters.